The molecule has 1 aliphatic heterocycles. The molecule has 10 aromatic rings. The number of nitrogens with zero attached hydrogens (tertiary/aromatic N) is 2. The molecule has 0 amide bonds. The summed E-state index contributed by atoms with van der Waals surface area (Å²) in [5, 5.41) is 11.3. The minimum Gasteiger partial charge on any atom is -0.497 e. The number of aromatic nitrogens is 2. The van der Waals surface area contributed by atoms with Crippen molar-refractivity contribution in [2.75, 3.05) is 12.4 Å². The number of methoxy groups -OCH3 is 1. The zero-order valence-electron chi connectivity index (χ0n) is 29.6. The first kappa shape index (κ1) is 30.5. The lowest BCUT2D eigenvalue weighted by Gasteiger charge is -2.25. The molecule has 5 heteroatoms. The number of hydrogen-bond donors (Lipinski definition) is 2. The Hall–Kier alpha value is -7.11. The van der Waals surface area contributed by atoms with Crippen LogP contribution in [-0.4, -0.2) is 22.1 Å². The number of benzene rings is 8. The van der Waals surface area contributed by atoms with Crippen LogP contribution in [0.15, 0.2) is 176 Å². The van der Waals surface area contributed by atoms with Crippen LogP contribution in [0, 0.1) is 0 Å². The van der Waals surface area contributed by atoms with E-state index in [2.05, 4.69) is 183 Å². The summed E-state index contributed by atoms with van der Waals surface area (Å²) in [5.74, 6) is 1.90. The van der Waals surface area contributed by atoms with Gasteiger partial charge in [-0.2, -0.15) is 4.57 Å². The first-order chi connectivity index (χ1) is 26.7. The fourth-order valence-corrected chi connectivity index (χ4v) is 8.58. The van der Waals surface area contributed by atoms with E-state index >= 15 is 0 Å². The van der Waals surface area contributed by atoms with Crippen LogP contribution in [-0.2, 0) is 0 Å². The summed E-state index contributed by atoms with van der Waals surface area (Å²) in [5.41, 5.74) is 11.5. The van der Waals surface area contributed by atoms with E-state index < -0.39 is 0 Å². The first-order valence-electron chi connectivity index (χ1n) is 18.4. The number of rotatable bonds is 4. The van der Waals surface area contributed by atoms with E-state index in [0.717, 1.165) is 56.2 Å². The standard InChI is InChI=1S/C49H34N4O/c1-54-36-13-10-12-34(29-36)31-21-23-33(24-22-31)48-50-47-37-14-3-2-11-32(37)25-27-41(47)49(51-48)53-45-20-9-6-17-40(45)42-30-35(26-28-46(42)53)52-43-18-7-4-15-38(43)39-16-5-8-19-44(39)52/h2-30,48,50H,1H3/p+1. The van der Waals surface area contributed by atoms with Gasteiger partial charge in [0.05, 0.1) is 29.4 Å². The molecule has 2 aromatic heterocycles. The zero-order chi connectivity index (χ0) is 35.8. The van der Waals surface area contributed by atoms with E-state index in [9.17, 15) is 0 Å². The Morgan fingerprint density at radius 1 is 0.500 bits per heavy atom. The maximum atomic E-state index is 5.50. The highest BCUT2D eigenvalue weighted by atomic mass is 16.5. The van der Waals surface area contributed by atoms with E-state index in [1.165, 1.54) is 43.4 Å². The molecular weight excluding hydrogens is 661 g/mol. The summed E-state index contributed by atoms with van der Waals surface area (Å²) in [6.45, 7) is 0. The van der Waals surface area contributed by atoms with Crippen LogP contribution in [0.5, 0.6) is 5.75 Å². The lowest BCUT2D eigenvalue weighted by atomic mass is 9.99. The van der Waals surface area contributed by atoms with Gasteiger partial charge < -0.3 is 14.6 Å². The molecule has 1 unspecified atom stereocenters. The fraction of sp³-hybridized carbons (Fsp3) is 0.0408. The highest BCUT2D eigenvalue weighted by Gasteiger charge is 2.32. The topological polar surface area (TPSA) is 45.1 Å². The SMILES string of the molecule is COc1cccc(-c2ccc(C3Nc4c(ccc5ccccc45)C(n4c5ccccc5c5cc(-n6c7ccccc7c7ccccc76)ccc54)=[NH+]3)cc2)c1. The van der Waals surface area contributed by atoms with Gasteiger partial charge in [0.25, 0.3) is 5.84 Å². The van der Waals surface area contributed by atoms with E-state index in [1.807, 2.05) is 12.1 Å². The molecule has 1 aliphatic rings. The van der Waals surface area contributed by atoms with Gasteiger partial charge in [0.15, 0.2) is 6.17 Å². The summed E-state index contributed by atoms with van der Waals surface area (Å²) in [4.78, 5) is 3.99. The smallest absolute Gasteiger partial charge is 0.291 e. The molecule has 1 atom stereocenters. The molecule has 5 nitrogen and oxygen atoms in total. The molecule has 0 spiro atoms. The predicted octanol–water partition coefficient (Wildman–Crippen LogP) is 10.2. The van der Waals surface area contributed by atoms with Gasteiger partial charge >= 0.3 is 0 Å². The average molecular weight is 696 g/mol. The van der Waals surface area contributed by atoms with Crippen LogP contribution in [0.3, 0.4) is 0 Å². The summed E-state index contributed by atoms with van der Waals surface area (Å²) < 4.78 is 10.3. The molecule has 54 heavy (non-hydrogen) atoms. The second-order valence-electron chi connectivity index (χ2n) is 14.1. The zero-order valence-corrected chi connectivity index (χ0v) is 29.6. The highest BCUT2D eigenvalue weighted by molar-refractivity contribution is 6.20. The van der Waals surface area contributed by atoms with Crippen LogP contribution in [0.4, 0.5) is 5.69 Å². The van der Waals surface area contributed by atoms with Crippen molar-refractivity contribution in [3.05, 3.63) is 187 Å². The molecule has 0 aliphatic carbocycles. The molecule has 11 rings (SSSR count). The number of hydrogen-bond acceptors (Lipinski definition) is 2. The summed E-state index contributed by atoms with van der Waals surface area (Å²) in [6, 6.07) is 63.3. The summed E-state index contributed by atoms with van der Waals surface area (Å²) in [6.07, 6.45) is -0.175. The van der Waals surface area contributed by atoms with Gasteiger partial charge in [-0.25, -0.2) is 4.99 Å². The molecule has 8 aromatic carbocycles. The van der Waals surface area contributed by atoms with E-state index in [-0.39, 0.29) is 6.17 Å². The molecule has 0 radical (unpaired) electrons. The molecule has 2 N–H and O–H groups in total. The Morgan fingerprint density at radius 2 is 1.13 bits per heavy atom. The van der Waals surface area contributed by atoms with Crippen LogP contribution in [0.1, 0.15) is 17.3 Å². The third-order valence-corrected chi connectivity index (χ3v) is 11.1. The van der Waals surface area contributed by atoms with Crippen molar-refractivity contribution in [2.45, 2.75) is 6.17 Å². The summed E-state index contributed by atoms with van der Waals surface area (Å²) >= 11 is 0. The Bertz CT molecular complexity index is 3080. The lowest BCUT2D eigenvalue weighted by molar-refractivity contribution is -0.504. The molecule has 3 heterocycles. The number of anilines is 1. The van der Waals surface area contributed by atoms with Gasteiger partial charge in [0.1, 0.15) is 16.8 Å². The van der Waals surface area contributed by atoms with Gasteiger partial charge in [-0.1, -0.05) is 115 Å². The monoisotopic (exact) mass is 695 g/mol. The van der Waals surface area contributed by atoms with Crippen LogP contribution < -0.4 is 15.0 Å². The van der Waals surface area contributed by atoms with Crippen LogP contribution >= 0.6 is 0 Å². The van der Waals surface area contributed by atoms with E-state index in [1.54, 1.807) is 7.11 Å². The van der Waals surface area contributed by atoms with Gasteiger partial charge in [0.2, 0.25) is 0 Å². The Kier molecular flexibility index (Phi) is 6.76. The van der Waals surface area contributed by atoms with Gasteiger partial charge in [-0.05, 0) is 77.2 Å². The second-order valence-corrected chi connectivity index (χ2v) is 14.1. The van der Waals surface area contributed by atoms with Crippen molar-refractivity contribution in [3.63, 3.8) is 0 Å². The van der Waals surface area contributed by atoms with Crippen molar-refractivity contribution in [3.8, 4) is 22.6 Å². The number of para-hydroxylation sites is 3. The van der Waals surface area contributed by atoms with Crippen LogP contribution in [0.25, 0.3) is 71.2 Å². The van der Waals surface area contributed by atoms with Crippen molar-refractivity contribution < 1.29 is 9.73 Å². The normalized spacial score (nSPS) is 14.1. The van der Waals surface area contributed by atoms with Gasteiger partial charge in [-0.15, -0.1) is 0 Å². The third-order valence-electron chi connectivity index (χ3n) is 11.1. The fourth-order valence-electron chi connectivity index (χ4n) is 8.58. The highest BCUT2D eigenvalue weighted by Crippen LogP contribution is 2.38. The van der Waals surface area contributed by atoms with Crippen molar-refractivity contribution >= 4 is 65.9 Å². The van der Waals surface area contributed by atoms with Gasteiger partial charge in [-0.3, -0.25) is 0 Å². The van der Waals surface area contributed by atoms with Crippen molar-refractivity contribution in [2.24, 2.45) is 0 Å². The lowest BCUT2D eigenvalue weighted by Crippen LogP contribution is -2.79. The molecule has 0 fully saturated rings. The quantitative estimate of drug-likeness (QED) is 0.193. The predicted molar refractivity (Wildman–Crippen MR) is 223 cm³/mol. The third kappa shape index (κ3) is 4.61. The summed E-state index contributed by atoms with van der Waals surface area (Å²) in [7, 11) is 1.71. The van der Waals surface area contributed by atoms with Crippen molar-refractivity contribution in [1.82, 2.24) is 9.13 Å². The number of nitrogens with one attached hydrogen (secondary N) is 2. The molecule has 256 valence electrons. The second kappa shape index (κ2) is 12.0. The molecular formula is C49H35N4O+. The molecule has 0 bridgehead atoms. The van der Waals surface area contributed by atoms with E-state index in [4.69, 9.17) is 4.74 Å². The Balaban J connectivity index is 1.12. The van der Waals surface area contributed by atoms with E-state index in [0.29, 0.717) is 0 Å². The Morgan fingerprint density at radius 3 is 1.85 bits per heavy atom. The number of ether oxygens (including phenoxy) is 1. The van der Waals surface area contributed by atoms with Crippen LogP contribution in [0.2, 0.25) is 0 Å². The number of fused-ring (bicyclic) bond motifs is 9. The maximum Gasteiger partial charge on any atom is 0.291 e. The minimum absolute atomic E-state index is 0.175. The maximum absolute atomic E-state index is 5.50. The Labute approximate surface area is 312 Å². The largest absolute Gasteiger partial charge is 0.497 e. The molecule has 0 saturated carbocycles. The minimum atomic E-state index is -0.175. The molecule has 0 saturated heterocycles. The average Bonchev–Trinajstić information content (AvgIpc) is 3.76. The van der Waals surface area contributed by atoms with Gasteiger partial charge in [0, 0.05) is 38.2 Å². The van der Waals surface area contributed by atoms with Crippen molar-refractivity contribution in [1.29, 1.82) is 0 Å². The first-order valence-corrected chi connectivity index (χ1v) is 18.4.